The molecule has 0 unspecified atom stereocenters. The number of carbonyl (C=O) groups excluding carboxylic acids is 2. The molecule has 23 heavy (non-hydrogen) atoms. The van der Waals surface area contributed by atoms with E-state index in [4.69, 9.17) is 9.47 Å². The Morgan fingerprint density at radius 3 is 2.74 bits per heavy atom. The fourth-order valence-corrected chi connectivity index (χ4v) is 3.18. The summed E-state index contributed by atoms with van der Waals surface area (Å²) in [6.07, 6.45) is -1.41. The number of phenolic OH excluding ortho intramolecular Hbond substituents is 1. The normalized spacial score (nSPS) is 26.2. The molecule has 0 aromatic heterocycles. The second-order valence-electron chi connectivity index (χ2n) is 5.69. The van der Waals surface area contributed by atoms with Gasteiger partial charge < -0.3 is 24.8 Å². The highest BCUT2D eigenvalue weighted by atomic mass is 16.6. The fourth-order valence-electron chi connectivity index (χ4n) is 3.18. The second-order valence-corrected chi connectivity index (χ2v) is 5.69. The molecule has 0 spiro atoms. The van der Waals surface area contributed by atoms with E-state index < -0.39 is 29.2 Å². The van der Waals surface area contributed by atoms with Crippen molar-refractivity contribution in [3.8, 4) is 11.5 Å². The number of aryl methyl sites for hydroxylation is 1. The lowest BCUT2D eigenvalue weighted by molar-refractivity contribution is -0.169. The molecule has 0 saturated heterocycles. The highest BCUT2D eigenvalue weighted by Gasteiger charge is 2.60. The van der Waals surface area contributed by atoms with Crippen molar-refractivity contribution in [2.75, 3.05) is 7.11 Å². The summed E-state index contributed by atoms with van der Waals surface area (Å²) >= 11 is 0. The number of benzene rings is 1. The van der Waals surface area contributed by atoms with Crippen LogP contribution in [0.5, 0.6) is 11.5 Å². The number of phenols is 1. The summed E-state index contributed by atoms with van der Waals surface area (Å²) in [5, 5.41) is 31.0. The van der Waals surface area contributed by atoms with Crippen molar-refractivity contribution in [2.45, 2.75) is 31.5 Å². The molecule has 0 bridgehead atoms. The topological polar surface area (TPSA) is 113 Å². The van der Waals surface area contributed by atoms with Crippen LogP contribution in [0.1, 0.15) is 24.0 Å². The van der Waals surface area contributed by atoms with Crippen LogP contribution in [0.25, 0.3) is 5.76 Å². The van der Waals surface area contributed by atoms with Gasteiger partial charge in [-0.2, -0.15) is 0 Å². The molecule has 1 aromatic rings. The van der Waals surface area contributed by atoms with E-state index in [0.29, 0.717) is 5.56 Å². The molecule has 7 nitrogen and oxygen atoms in total. The Kier molecular flexibility index (Phi) is 3.33. The molecule has 7 heteroatoms. The Labute approximate surface area is 131 Å². The summed E-state index contributed by atoms with van der Waals surface area (Å²) in [6, 6.07) is 2.90. The number of esters is 1. The number of aliphatic hydroxyl groups is 2. The minimum absolute atomic E-state index is 0.00214. The van der Waals surface area contributed by atoms with Gasteiger partial charge in [-0.05, 0) is 31.0 Å². The number of carbonyl (C=O) groups is 2. The van der Waals surface area contributed by atoms with Crippen LogP contribution in [0.3, 0.4) is 0 Å². The van der Waals surface area contributed by atoms with Gasteiger partial charge in [-0.25, -0.2) is 4.79 Å². The summed E-state index contributed by atoms with van der Waals surface area (Å²) in [5.41, 5.74) is -1.96. The molecule has 1 heterocycles. The Hall–Kier alpha value is -2.54. The first kappa shape index (κ1) is 15.4. The number of ether oxygens (including phenoxy) is 2. The molecule has 1 aliphatic heterocycles. The Bertz CT molecular complexity index is 749. The third-order valence-electron chi connectivity index (χ3n) is 4.22. The number of hydrogen-bond donors (Lipinski definition) is 3. The minimum atomic E-state index is -2.12. The molecule has 0 radical (unpaired) electrons. The van der Waals surface area contributed by atoms with Gasteiger partial charge in [0.15, 0.2) is 5.78 Å². The molecule has 122 valence electrons. The maximum Gasteiger partial charge on any atom is 0.358 e. The van der Waals surface area contributed by atoms with Crippen LogP contribution in [-0.4, -0.2) is 45.9 Å². The van der Waals surface area contributed by atoms with Crippen LogP contribution < -0.4 is 4.74 Å². The molecule has 2 atom stereocenters. The van der Waals surface area contributed by atoms with Gasteiger partial charge in [-0.3, -0.25) is 4.79 Å². The summed E-state index contributed by atoms with van der Waals surface area (Å²) in [5.74, 6) is -2.37. The molecule has 2 aliphatic rings. The predicted molar refractivity (Wildman–Crippen MR) is 78.0 cm³/mol. The van der Waals surface area contributed by atoms with Gasteiger partial charge in [0.1, 0.15) is 28.9 Å². The molecule has 1 fully saturated rings. The maximum absolute atomic E-state index is 12.3. The molecular formula is C16H16O7. The first-order valence-corrected chi connectivity index (χ1v) is 7.09. The monoisotopic (exact) mass is 320 g/mol. The van der Waals surface area contributed by atoms with E-state index in [-0.39, 0.29) is 35.5 Å². The van der Waals surface area contributed by atoms with Crippen LogP contribution in [0.4, 0.5) is 0 Å². The van der Waals surface area contributed by atoms with Crippen molar-refractivity contribution < 1.29 is 34.4 Å². The zero-order valence-corrected chi connectivity index (χ0v) is 12.6. The lowest BCUT2D eigenvalue weighted by atomic mass is 9.74. The largest absolute Gasteiger partial charge is 0.507 e. The average molecular weight is 320 g/mol. The Morgan fingerprint density at radius 2 is 2.09 bits per heavy atom. The van der Waals surface area contributed by atoms with E-state index in [9.17, 15) is 24.9 Å². The summed E-state index contributed by atoms with van der Waals surface area (Å²) in [6.45, 7) is 1.69. The predicted octanol–water partition coefficient (Wildman–Crippen LogP) is 0.998. The van der Waals surface area contributed by atoms with Crippen molar-refractivity contribution in [3.63, 3.8) is 0 Å². The fraction of sp³-hybridized carbons (Fsp3) is 0.375. The van der Waals surface area contributed by atoms with Crippen molar-refractivity contribution in [3.05, 3.63) is 28.8 Å². The number of hydrogen-bond acceptors (Lipinski definition) is 7. The molecule has 0 amide bonds. The molecule has 1 saturated carbocycles. The third kappa shape index (κ3) is 1.93. The van der Waals surface area contributed by atoms with E-state index in [0.717, 1.165) is 7.11 Å². The zero-order valence-electron chi connectivity index (χ0n) is 12.6. The quantitative estimate of drug-likeness (QED) is 0.661. The summed E-state index contributed by atoms with van der Waals surface area (Å²) in [4.78, 5) is 24.6. The van der Waals surface area contributed by atoms with Gasteiger partial charge in [0.05, 0.1) is 12.7 Å². The number of fused-ring (bicyclic) bond motifs is 2. The van der Waals surface area contributed by atoms with E-state index in [1.165, 1.54) is 12.1 Å². The van der Waals surface area contributed by atoms with E-state index in [2.05, 4.69) is 0 Å². The van der Waals surface area contributed by atoms with Crippen LogP contribution in [-0.2, 0) is 14.3 Å². The molecule has 3 N–H and O–H groups in total. The van der Waals surface area contributed by atoms with Gasteiger partial charge in [0.2, 0.25) is 0 Å². The van der Waals surface area contributed by atoms with Crippen molar-refractivity contribution in [1.82, 2.24) is 0 Å². The number of rotatable bonds is 1. The van der Waals surface area contributed by atoms with Crippen LogP contribution in [0.2, 0.25) is 0 Å². The smallest absolute Gasteiger partial charge is 0.358 e. The Balaban J connectivity index is 2.36. The van der Waals surface area contributed by atoms with Gasteiger partial charge in [-0.1, -0.05) is 0 Å². The van der Waals surface area contributed by atoms with E-state index in [1.807, 2.05) is 0 Å². The van der Waals surface area contributed by atoms with Crippen LogP contribution in [0.15, 0.2) is 17.7 Å². The van der Waals surface area contributed by atoms with Crippen LogP contribution in [0, 0.1) is 6.92 Å². The number of aliphatic hydroxyl groups excluding tert-OH is 2. The third-order valence-corrected chi connectivity index (χ3v) is 4.22. The van der Waals surface area contributed by atoms with Gasteiger partial charge >= 0.3 is 5.97 Å². The van der Waals surface area contributed by atoms with Gasteiger partial charge in [0, 0.05) is 6.42 Å². The standard InChI is InChI=1S/C16H16O7/c1-7-5-9(18)12-10(6-7)23-16(15(21)22-2)11(19)4-3-8(17)13(16)14(12)20/h5-6,11,18-20H,3-4H2,1-2H3/t11-,16+/m1/s1. The van der Waals surface area contributed by atoms with E-state index >= 15 is 0 Å². The molecular weight excluding hydrogens is 304 g/mol. The first-order valence-electron chi connectivity index (χ1n) is 7.09. The van der Waals surface area contributed by atoms with Crippen LogP contribution >= 0.6 is 0 Å². The number of Topliss-reactive ketones (excluding diaryl/α,β-unsaturated/α-hetero) is 1. The number of methoxy groups -OCH3 is 1. The number of ketones is 1. The summed E-state index contributed by atoms with van der Waals surface area (Å²) in [7, 11) is 1.10. The molecule has 1 aromatic carbocycles. The SMILES string of the molecule is COC(=O)[C@@]12Oc3cc(C)cc(O)c3C(O)=C1C(=O)CC[C@H]2O. The average Bonchev–Trinajstić information content (AvgIpc) is 2.49. The van der Waals surface area contributed by atoms with Crippen molar-refractivity contribution in [2.24, 2.45) is 0 Å². The number of aromatic hydroxyl groups is 1. The lowest BCUT2D eigenvalue weighted by Gasteiger charge is -2.42. The van der Waals surface area contributed by atoms with E-state index in [1.54, 1.807) is 6.92 Å². The highest BCUT2D eigenvalue weighted by Crippen LogP contribution is 2.49. The summed E-state index contributed by atoms with van der Waals surface area (Å²) < 4.78 is 10.4. The minimum Gasteiger partial charge on any atom is -0.507 e. The maximum atomic E-state index is 12.3. The van der Waals surface area contributed by atoms with Crippen molar-refractivity contribution in [1.29, 1.82) is 0 Å². The lowest BCUT2D eigenvalue weighted by Crippen LogP contribution is -2.61. The van der Waals surface area contributed by atoms with Gasteiger partial charge in [-0.15, -0.1) is 0 Å². The van der Waals surface area contributed by atoms with Gasteiger partial charge in [0.25, 0.3) is 5.60 Å². The Morgan fingerprint density at radius 1 is 1.39 bits per heavy atom. The van der Waals surface area contributed by atoms with Crippen molar-refractivity contribution >= 4 is 17.5 Å². The first-order chi connectivity index (χ1) is 10.8. The molecule has 1 aliphatic carbocycles. The highest BCUT2D eigenvalue weighted by molar-refractivity contribution is 6.12. The molecule has 3 rings (SSSR count). The second kappa shape index (κ2) is 4.99. The zero-order chi connectivity index (χ0) is 16.9.